The molecule has 1 aromatic carbocycles. The molecule has 0 aliphatic heterocycles. The van der Waals surface area contributed by atoms with E-state index in [1.54, 1.807) is 13.0 Å². The van der Waals surface area contributed by atoms with Crippen LogP contribution < -0.4 is 5.63 Å². The van der Waals surface area contributed by atoms with E-state index in [4.69, 9.17) is 9.15 Å². The fourth-order valence-electron chi connectivity index (χ4n) is 1.92. The first-order valence-corrected chi connectivity index (χ1v) is 6.90. The summed E-state index contributed by atoms with van der Waals surface area (Å²) < 4.78 is 24.2. The van der Waals surface area contributed by atoms with Crippen molar-refractivity contribution >= 4 is 21.9 Å². The van der Waals surface area contributed by atoms with Crippen LogP contribution in [0.2, 0.25) is 0 Å². The lowest BCUT2D eigenvalue weighted by Crippen LogP contribution is -2.13. The molecule has 2 aromatic rings. The number of carbonyl (C=O) groups excluding carboxylic acids is 1. The number of rotatable bonds is 3. The third-order valence-corrected chi connectivity index (χ3v) is 3.41. The molecule has 6 heteroatoms. The molecule has 0 unspecified atom stereocenters. The van der Waals surface area contributed by atoms with Crippen molar-refractivity contribution in [3.63, 3.8) is 0 Å². The van der Waals surface area contributed by atoms with Crippen molar-refractivity contribution < 1.29 is 18.3 Å². The van der Waals surface area contributed by atoms with Gasteiger partial charge in [-0.15, -0.1) is 0 Å². The van der Waals surface area contributed by atoms with E-state index < -0.39 is 17.4 Å². The zero-order chi connectivity index (χ0) is 15.6. The predicted octanol–water partition coefficient (Wildman–Crippen LogP) is 3.52. The molecular weight excluding hydrogens is 343 g/mol. The zero-order valence-electron chi connectivity index (χ0n) is 11.4. The van der Waals surface area contributed by atoms with Gasteiger partial charge in [-0.1, -0.05) is 22.0 Å². The van der Waals surface area contributed by atoms with Crippen molar-refractivity contribution in [1.82, 2.24) is 0 Å². The van der Waals surface area contributed by atoms with Crippen molar-refractivity contribution in [2.45, 2.75) is 20.5 Å². The summed E-state index contributed by atoms with van der Waals surface area (Å²) in [4.78, 5) is 23.2. The Hall–Kier alpha value is -1.95. The molecule has 0 bridgehead atoms. The summed E-state index contributed by atoms with van der Waals surface area (Å²) in [6, 6.07) is 5.69. The first-order valence-electron chi connectivity index (χ1n) is 6.11. The molecule has 0 saturated heterocycles. The van der Waals surface area contributed by atoms with E-state index in [0.29, 0.717) is 10.0 Å². The number of esters is 1. The van der Waals surface area contributed by atoms with E-state index in [9.17, 15) is 14.0 Å². The van der Waals surface area contributed by atoms with E-state index in [0.717, 1.165) is 0 Å². The lowest BCUT2D eigenvalue weighted by Gasteiger charge is -2.09. The second-order valence-electron chi connectivity index (χ2n) is 4.49. The normalized spacial score (nSPS) is 10.5. The summed E-state index contributed by atoms with van der Waals surface area (Å²) in [5, 5.41) is 0. The molecule has 1 heterocycles. The van der Waals surface area contributed by atoms with Gasteiger partial charge in [0.1, 0.15) is 23.7 Å². The van der Waals surface area contributed by atoms with E-state index >= 15 is 0 Å². The Morgan fingerprint density at radius 1 is 1.33 bits per heavy atom. The van der Waals surface area contributed by atoms with Gasteiger partial charge in [0.25, 0.3) is 0 Å². The van der Waals surface area contributed by atoms with Crippen LogP contribution in [0.4, 0.5) is 4.39 Å². The summed E-state index contributed by atoms with van der Waals surface area (Å²) in [6.07, 6.45) is 0. The van der Waals surface area contributed by atoms with Gasteiger partial charge in [0.15, 0.2) is 0 Å². The fourth-order valence-corrected chi connectivity index (χ4v) is 2.25. The number of hydrogen-bond acceptors (Lipinski definition) is 4. The molecular formula is C15H12BrFO4. The van der Waals surface area contributed by atoms with Crippen LogP contribution in [0.1, 0.15) is 27.2 Å². The van der Waals surface area contributed by atoms with Gasteiger partial charge in [0.2, 0.25) is 0 Å². The number of ether oxygens (including phenoxy) is 1. The van der Waals surface area contributed by atoms with Crippen LogP contribution >= 0.6 is 15.9 Å². The predicted molar refractivity (Wildman–Crippen MR) is 77.7 cm³/mol. The van der Waals surface area contributed by atoms with E-state index in [1.165, 1.54) is 25.1 Å². The SMILES string of the molecule is Cc1cc(=O)oc(C)c1C(=O)OCc1ccc(Br)cc1F. The number of aryl methyl sites for hydroxylation is 2. The van der Waals surface area contributed by atoms with Crippen LogP contribution in [0.15, 0.2) is 37.9 Å². The minimum absolute atomic E-state index is 0.182. The molecule has 110 valence electrons. The summed E-state index contributed by atoms with van der Waals surface area (Å²) in [7, 11) is 0. The molecule has 1 aromatic heterocycles. The second kappa shape index (κ2) is 6.22. The van der Waals surface area contributed by atoms with E-state index in [-0.39, 0.29) is 23.5 Å². The number of carbonyl (C=O) groups is 1. The molecule has 0 fully saturated rings. The molecule has 0 amide bonds. The fraction of sp³-hybridized carbons (Fsp3) is 0.200. The average molecular weight is 355 g/mol. The monoisotopic (exact) mass is 354 g/mol. The highest BCUT2D eigenvalue weighted by atomic mass is 79.9. The minimum Gasteiger partial charge on any atom is -0.457 e. The van der Waals surface area contributed by atoms with Gasteiger partial charge in [-0.2, -0.15) is 0 Å². The van der Waals surface area contributed by atoms with Gasteiger partial charge >= 0.3 is 11.6 Å². The van der Waals surface area contributed by atoms with Crippen molar-refractivity contribution in [2.75, 3.05) is 0 Å². The largest absolute Gasteiger partial charge is 0.457 e. The van der Waals surface area contributed by atoms with Gasteiger partial charge < -0.3 is 9.15 Å². The molecule has 0 N–H and O–H groups in total. The maximum absolute atomic E-state index is 13.6. The lowest BCUT2D eigenvalue weighted by atomic mass is 10.1. The van der Waals surface area contributed by atoms with Crippen LogP contribution in [-0.4, -0.2) is 5.97 Å². The van der Waals surface area contributed by atoms with Crippen LogP contribution in [0.25, 0.3) is 0 Å². The smallest absolute Gasteiger partial charge is 0.342 e. The molecule has 21 heavy (non-hydrogen) atoms. The molecule has 4 nitrogen and oxygen atoms in total. The van der Waals surface area contributed by atoms with Gasteiger partial charge in [-0.25, -0.2) is 14.0 Å². The highest BCUT2D eigenvalue weighted by Crippen LogP contribution is 2.18. The van der Waals surface area contributed by atoms with Gasteiger partial charge in [-0.3, -0.25) is 0 Å². The van der Waals surface area contributed by atoms with Crippen LogP contribution in [-0.2, 0) is 11.3 Å². The standard InChI is InChI=1S/C15H12BrFO4/c1-8-5-13(18)21-9(2)14(8)15(19)20-7-10-3-4-11(16)6-12(10)17/h3-6H,7H2,1-2H3. The molecule has 0 spiro atoms. The van der Waals surface area contributed by atoms with Crippen molar-refractivity contribution in [3.05, 3.63) is 67.4 Å². The molecule has 2 rings (SSSR count). The Morgan fingerprint density at radius 3 is 2.67 bits per heavy atom. The Labute approximate surface area is 128 Å². The summed E-state index contributed by atoms with van der Waals surface area (Å²) in [5.41, 5.74) is 0.386. The van der Waals surface area contributed by atoms with Crippen molar-refractivity contribution in [1.29, 1.82) is 0 Å². The van der Waals surface area contributed by atoms with E-state index in [1.807, 2.05) is 0 Å². The summed E-state index contributed by atoms with van der Waals surface area (Å²) in [6.45, 7) is 2.92. The Bertz CT molecular complexity index is 726. The van der Waals surface area contributed by atoms with Gasteiger partial charge in [0.05, 0.1) is 0 Å². The van der Waals surface area contributed by atoms with Gasteiger partial charge in [0, 0.05) is 16.1 Å². The number of hydrogen-bond donors (Lipinski definition) is 0. The van der Waals surface area contributed by atoms with Crippen LogP contribution in [0.3, 0.4) is 0 Å². The third kappa shape index (κ3) is 3.58. The van der Waals surface area contributed by atoms with Crippen molar-refractivity contribution in [2.24, 2.45) is 0 Å². The zero-order valence-corrected chi connectivity index (χ0v) is 13.0. The number of benzene rings is 1. The number of halogens is 2. The lowest BCUT2D eigenvalue weighted by molar-refractivity contribution is 0.0463. The molecule has 0 aliphatic carbocycles. The van der Waals surface area contributed by atoms with Crippen LogP contribution in [0, 0.1) is 19.7 Å². The molecule has 0 aliphatic rings. The Kier molecular flexibility index (Phi) is 4.57. The van der Waals surface area contributed by atoms with Crippen molar-refractivity contribution in [3.8, 4) is 0 Å². The van der Waals surface area contributed by atoms with Crippen LogP contribution in [0.5, 0.6) is 0 Å². The third-order valence-electron chi connectivity index (χ3n) is 2.91. The minimum atomic E-state index is -0.656. The Balaban J connectivity index is 2.17. The second-order valence-corrected chi connectivity index (χ2v) is 5.41. The quantitative estimate of drug-likeness (QED) is 0.791. The highest BCUT2D eigenvalue weighted by molar-refractivity contribution is 9.10. The molecule has 0 saturated carbocycles. The van der Waals surface area contributed by atoms with E-state index in [2.05, 4.69) is 15.9 Å². The summed E-state index contributed by atoms with van der Waals surface area (Å²) in [5.74, 6) is -0.942. The average Bonchev–Trinajstić information content (AvgIpc) is 2.36. The molecule has 0 radical (unpaired) electrons. The first kappa shape index (κ1) is 15.4. The Morgan fingerprint density at radius 2 is 2.05 bits per heavy atom. The maximum Gasteiger partial charge on any atom is 0.342 e. The first-order chi connectivity index (χ1) is 9.88. The molecule has 0 atom stereocenters. The summed E-state index contributed by atoms with van der Waals surface area (Å²) >= 11 is 3.15. The highest BCUT2D eigenvalue weighted by Gasteiger charge is 2.17. The topological polar surface area (TPSA) is 56.5 Å². The van der Waals surface area contributed by atoms with Gasteiger partial charge in [-0.05, 0) is 31.5 Å². The maximum atomic E-state index is 13.6.